The van der Waals surface area contributed by atoms with Crippen LogP contribution in [0.15, 0.2) is 0 Å². The van der Waals surface area contributed by atoms with Crippen LogP contribution in [0.25, 0.3) is 0 Å². The fourth-order valence-corrected chi connectivity index (χ4v) is 2.50. The predicted octanol–water partition coefficient (Wildman–Crippen LogP) is -0.0307. The molecule has 2 aliphatic heterocycles. The molecule has 0 spiro atoms. The summed E-state index contributed by atoms with van der Waals surface area (Å²) < 4.78 is 0. The maximum atomic E-state index is 12.2. The molecule has 0 aromatic rings. The highest BCUT2D eigenvalue weighted by molar-refractivity contribution is 5.83. The first-order valence-corrected chi connectivity index (χ1v) is 5.66. The summed E-state index contributed by atoms with van der Waals surface area (Å²) in [6.45, 7) is 6.69. The number of nitrogens with one attached hydrogen (secondary N) is 1. The number of rotatable bonds is 1. The van der Waals surface area contributed by atoms with Gasteiger partial charge in [-0.25, -0.2) is 0 Å². The van der Waals surface area contributed by atoms with E-state index < -0.39 is 5.60 Å². The number of nitrogens with zero attached hydrogens (tertiary/aromatic N) is 1. The van der Waals surface area contributed by atoms with E-state index in [1.807, 2.05) is 11.8 Å². The van der Waals surface area contributed by atoms with E-state index in [9.17, 15) is 9.90 Å². The molecule has 0 aromatic heterocycles. The molecular weight excluding hydrogens is 192 g/mol. The smallest absolute Gasteiger partial charge is 0.229 e. The largest absolute Gasteiger partial charge is 0.388 e. The van der Waals surface area contributed by atoms with Gasteiger partial charge in [-0.15, -0.1) is 0 Å². The zero-order valence-electron chi connectivity index (χ0n) is 9.55. The van der Waals surface area contributed by atoms with Crippen LogP contribution in [0, 0.1) is 5.41 Å². The predicted molar refractivity (Wildman–Crippen MR) is 57.4 cm³/mol. The normalized spacial score (nSPS) is 41.1. The monoisotopic (exact) mass is 212 g/mol. The highest BCUT2D eigenvalue weighted by atomic mass is 16.3. The van der Waals surface area contributed by atoms with Gasteiger partial charge in [0, 0.05) is 19.6 Å². The van der Waals surface area contributed by atoms with E-state index in [1.165, 1.54) is 0 Å². The van der Waals surface area contributed by atoms with Gasteiger partial charge in [-0.05, 0) is 33.2 Å². The lowest BCUT2D eigenvalue weighted by molar-refractivity contribution is -0.140. The molecule has 4 heteroatoms. The molecule has 2 aliphatic rings. The second-order valence-corrected chi connectivity index (χ2v) is 5.46. The van der Waals surface area contributed by atoms with Crippen LogP contribution in [-0.4, -0.2) is 47.7 Å². The zero-order valence-corrected chi connectivity index (χ0v) is 9.55. The van der Waals surface area contributed by atoms with Gasteiger partial charge in [0.2, 0.25) is 5.91 Å². The van der Waals surface area contributed by atoms with Crippen LogP contribution < -0.4 is 5.32 Å². The quantitative estimate of drug-likeness (QED) is 0.642. The molecule has 2 saturated heterocycles. The summed E-state index contributed by atoms with van der Waals surface area (Å²) >= 11 is 0. The molecule has 2 heterocycles. The van der Waals surface area contributed by atoms with Crippen LogP contribution in [0.3, 0.4) is 0 Å². The molecule has 2 unspecified atom stereocenters. The highest BCUT2D eigenvalue weighted by Gasteiger charge is 2.43. The van der Waals surface area contributed by atoms with Crippen LogP contribution in [0.1, 0.15) is 26.7 Å². The fraction of sp³-hybridized carbons (Fsp3) is 0.909. The van der Waals surface area contributed by atoms with Gasteiger partial charge in [0.05, 0.1) is 11.0 Å². The Morgan fingerprint density at radius 1 is 1.40 bits per heavy atom. The Morgan fingerprint density at radius 3 is 2.60 bits per heavy atom. The van der Waals surface area contributed by atoms with Gasteiger partial charge in [-0.2, -0.15) is 0 Å². The topological polar surface area (TPSA) is 52.6 Å². The SMILES string of the molecule is CC1(O)CCN(C(=O)C2(C)CCNC2)C1. The van der Waals surface area contributed by atoms with E-state index in [2.05, 4.69) is 5.32 Å². The third kappa shape index (κ3) is 2.01. The first-order chi connectivity index (χ1) is 6.93. The number of hydrogen-bond acceptors (Lipinski definition) is 3. The number of carbonyl (C=O) groups excluding carboxylic acids is 1. The lowest BCUT2D eigenvalue weighted by atomic mass is 9.88. The van der Waals surface area contributed by atoms with Crippen molar-refractivity contribution in [2.75, 3.05) is 26.2 Å². The second kappa shape index (κ2) is 3.46. The van der Waals surface area contributed by atoms with E-state index in [1.54, 1.807) is 6.92 Å². The van der Waals surface area contributed by atoms with Gasteiger partial charge < -0.3 is 15.3 Å². The van der Waals surface area contributed by atoms with E-state index in [0.717, 1.165) is 19.5 Å². The Hall–Kier alpha value is -0.610. The number of β-amino-alcohol motifs (C(OH)–C–C–N with tert-alkyl or cyclic N) is 1. The van der Waals surface area contributed by atoms with Crippen molar-refractivity contribution in [1.29, 1.82) is 0 Å². The number of likely N-dealkylation sites (tertiary alicyclic amines) is 1. The molecule has 1 amide bonds. The molecule has 0 bridgehead atoms. The number of amides is 1. The summed E-state index contributed by atoms with van der Waals surface area (Å²) in [5, 5.41) is 13.1. The van der Waals surface area contributed by atoms with Gasteiger partial charge >= 0.3 is 0 Å². The molecule has 4 nitrogen and oxygen atoms in total. The average Bonchev–Trinajstić information content (AvgIpc) is 2.72. The highest BCUT2D eigenvalue weighted by Crippen LogP contribution is 2.30. The van der Waals surface area contributed by atoms with Gasteiger partial charge in [0.15, 0.2) is 0 Å². The van der Waals surface area contributed by atoms with Crippen LogP contribution in [0.4, 0.5) is 0 Å². The minimum atomic E-state index is -0.682. The third-order valence-corrected chi connectivity index (χ3v) is 3.62. The lowest BCUT2D eigenvalue weighted by Gasteiger charge is -2.28. The van der Waals surface area contributed by atoms with Gasteiger partial charge in [-0.3, -0.25) is 4.79 Å². The minimum Gasteiger partial charge on any atom is -0.388 e. The second-order valence-electron chi connectivity index (χ2n) is 5.46. The summed E-state index contributed by atoms with van der Waals surface area (Å²) in [4.78, 5) is 14.0. The molecule has 0 aromatic carbocycles. The van der Waals surface area contributed by atoms with Crippen LogP contribution >= 0.6 is 0 Å². The van der Waals surface area contributed by atoms with Gasteiger partial charge in [0.25, 0.3) is 0 Å². The first kappa shape index (κ1) is 10.9. The van der Waals surface area contributed by atoms with Crippen molar-refractivity contribution in [1.82, 2.24) is 10.2 Å². The Labute approximate surface area is 90.6 Å². The van der Waals surface area contributed by atoms with E-state index >= 15 is 0 Å². The lowest BCUT2D eigenvalue weighted by Crippen LogP contribution is -2.44. The van der Waals surface area contributed by atoms with Crippen molar-refractivity contribution >= 4 is 5.91 Å². The number of aliphatic hydroxyl groups is 1. The van der Waals surface area contributed by atoms with Crippen molar-refractivity contribution in [2.45, 2.75) is 32.3 Å². The van der Waals surface area contributed by atoms with Crippen LogP contribution in [0.5, 0.6) is 0 Å². The molecule has 15 heavy (non-hydrogen) atoms. The molecule has 2 rings (SSSR count). The summed E-state index contributed by atoms with van der Waals surface area (Å²) in [5.74, 6) is 0.199. The summed E-state index contributed by atoms with van der Waals surface area (Å²) in [6, 6.07) is 0. The number of carbonyl (C=O) groups is 1. The molecule has 86 valence electrons. The van der Waals surface area contributed by atoms with Crippen molar-refractivity contribution in [3.8, 4) is 0 Å². The van der Waals surface area contributed by atoms with Gasteiger partial charge in [0.1, 0.15) is 0 Å². The van der Waals surface area contributed by atoms with Gasteiger partial charge in [-0.1, -0.05) is 0 Å². The molecule has 0 saturated carbocycles. The van der Waals surface area contributed by atoms with E-state index in [4.69, 9.17) is 0 Å². The van der Waals surface area contributed by atoms with E-state index in [0.29, 0.717) is 19.5 Å². The van der Waals surface area contributed by atoms with Crippen molar-refractivity contribution in [3.05, 3.63) is 0 Å². The molecule has 2 fully saturated rings. The van der Waals surface area contributed by atoms with Crippen molar-refractivity contribution in [3.63, 3.8) is 0 Å². The maximum Gasteiger partial charge on any atom is 0.229 e. The van der Waals surface area contributed by atoms with Crippen molar-refractivity contribution in [2.24, 2.45) is 5.41 Å². The average molecular weight is 212 g/mol. The molecule has 2 atom stereocenters. The Balaban J connectivity index is 2.03. The third-order valence-electron chi connectivity index (χ3n) is 3.62. The molecule has 0 radical (unpaired) electrons. The van der Waals surface area contributed by atoms with Crippen molar-refractivity contribution < 1.29 is 9.90 Å². The van der Waals surface area contributed by atoms with E-state index in [-0.39, 0.29) is 11.3 Å². The standard InChI is InChI=1S/C11H20N2O2/c1-10(3-5-12-7-10)9(14)13-6-4-11(2,15)8-13/h12,15H,3-8H2,1-2H3. The van der Waals surface area contributed by atoms with Crippen LogP contribution in [0.2, 0.25) is 0 Å². The molecule has 0 aliphatic carbocycles. The Morgan fingerprint density at radius 2 is 2.13 bits per heavy atom. The summed E-state index contributed by atoms with van der Waals surface area (Å²) in [7, 11) is 0. The Kier molecular flexibility index (Phi) is 2.51. The minimum absolute atomic E-state index is 0.199. The fourth-order valence-electron chi connectivity index (χ4n) is 2.50. The Bertz CT molecular complexity index is 270. The van der Waals surface area contributed by atoms with Crippen LogP contribution in [-0.2, 0) is 4.79 Å². The molecular formula is C11H20N2O2. The maximum absolute atomic E-state index is 12.2. The summed E-state index contributed by atoms with van der Waals surface area (Å²) in [6.07, 6.45) is 1.60. The number of hydrogen-bond donors (Lipinski definition) is 2. The molecule has 2 N–H and O–H groups in total. The first-order valence-electron chi connectivity index (χ1n) is 5.66. The zero-order chi connectivity index (χ0) is 11.1. The summed E-state index contributed by atoms with van der Waals surface area (Å²) in [5.41, 5.74) is -0.932.